The Bertz CT molecular complexity index is 507. The van der Waals surface area contributed by atoms with E-state index in [1.165, 1.54) is 29.0 Å². The second-order valence-corrected chi connectivity index (χ2v) is 8.18. The molecule has 2 fully saturated rings. The number of nitrogens with zero attached hydrogens (tertiary/aromatic N) is 1. The molecule has 1 N–H and O–H groups in total. The second kappa shape index (κ2) is 6.09. The lowest BCUT2D eigenvalue weighted by molar-refractivity contribution is -0.130. The van der Waals surface area contributed by atoms with Gasteiger partial charge in [-0.25, -0.2) is 0 Å². The Labute approximate surface area is 131 Å². The summed E-state index contributed by atoms with van der Waals surface area (Å²) < 4.78 is 0. The van der Waals surface area contributed by atoms with E-state index < -0.39 is 0 Å². The number of carbonyl (C=O) groups excluding carboxylic acids is 1. The summed E-state index contributed by atoms with van der Waals surface area (Å²) in [4.78, 5) is 17.4. The summed E-state index contributed by atoms with van der Waals surface area (Å²) in [6, 6.07) is 4.29. The van der Waals surface area contributed by atoms with Crippen molar-refractivity contribution in [1.29, 1.82) is 0 Å². The van der Waals surface area contributed by atoms with Gasteiger partial charge in [-0.3, -0.25) is 10.1 Å². The van der Waals surface area contributed by atoms with E-state index in [9.17, 15) is 4.79 Å². The van der Waals surface area contributed by atoms with E-state index in [2.05, 4.69) is 43.1 Å². The van der Waals surface area contributed by atoms with Gasteiger partial charge in [0.1, 0.15) is 6.17 Å². The van der Waals surface area contributed by atoms with E-state index in [1.54, 1.807) is 11.3 Å². The predicted octanol–water partition coefficient (Wildman–Crippen LogP) is 3.70. The third-order valence-electron chi connectivity index (χ3n) is 4.60. The average molecular weight is 306 g/mol. The van der Waals surface area contributed by atoms with Gasteiger partial charge < -0.3 is 4.90 Å². The van der Waals surface area contributed by atoms with Crippen LogP contribution in [0.25, 0.3) is 0 Å². The Kier molecular flexibility index (Phi) is 4.36. The van der Waals surface area contributed by atoms with E-state index in [4.69, 9.17) is 0 Å². The zero-order valence-corrected chi connectivity index (χ0v) is 14.1. The first-order chi connectivity index (χ1) is 10.1. The number of rotatable bonds is 6. The number of aryl methyl sites for hydroxylation is 1. The van der Waals surface area contributed by atoms with Gasteiger partial charge >= 0.3 is 0 Å². The van der Waals surface area contributed by atoms with E-state index in [-0.39, 0.29) is 18.1 Å². The van der Waals surface area contributed by atoms with E-state index >= 15 is 0 Å². The molecule has 21 heavy (non-hydrogen) atoms. The first kappa shape index (κ1) is 15.0. The Hall–Kier alpha value is -0.870. The van der Waals surface area contributed by atoms with Crippen molar-refractivity contribution in [1.82, 2.24) is 10.2 Å². The van der Waals surface area contributed by atoms with E-state index in [0.717, 1.165) is 18.9 Å². The smallest absolute Gasteiger partial charge is 0.241 e. The fourth-order valence-corrected chi connectivity index (χ4v) is 4.10. The van der Waals surface area contributed by atoms with Crippen molar-refractivity contribution in [2.24, 2.45) is 11.8 Å². The van der Waals surface area contributed by atoms with Gasteiger partial charge in [-0.1, -0.05) is 26.7 Å². The molecule has 1 aromatic heterocycles. The molecule has 1 saturated heterocycles. The van der Waals surface area contributed by atoms with Crippen LogP contribution in [-0.4, -0.2) is 23.4 Å². The van der Waals surface area contributed by atoms with E-state index in [0.29, 0.717) is 5.92 Å². The second-order valence-electron chi connectivity index (χ2n) is 6.86. The Morgan fingerprint density at radius 2 is 2.14 bits per heavy atom. The van der Waals surface area contributed by atoms with Crippen molar-refractivity contribution in [3.05, 3.63) is 21.9 Å². The molecule has 1 aliphatic carbocycles. The number of hydrogen-bond acceptors (Lipinski definition) is 3. The quantitative estimate of drug-likeness (QED) is 0.869. The van der Waals surface area contributed by atoms with Gasteiger partial charge in [0.25, 0.3) is 0 Å². The minimum Gasteiger partial charge on any atom is -0.321 e. The van der Waals surface area contributed by atoms with Gasteiger partial charge in [0.05, 0.1) is 6.04 Å². The van der Waals surface area contributed by atoms with Crippen LogP contribution in [0.4, 0.5) is 0 Å². The molecule has 1 amide bonds. The number of hydrogen-bond donors (Lipinski definition) is 1. The van der Waals surface area contributed by atoms with Crippen LogP contribution in [0.2, 0.25) is 0 Å². The molecule has 0 radical (unpaired) electrons. The van der Waals surface area contributed by atoms with Gasteiger partial charge in [0, 0.05) is 16.3 Å². The molecule has 2 atom stereocenters. The highest BCUT2D eigenvalue weighted by molar-refractivity contribution is 7.12. The van der Waals surface area contributed by atoms with Crippen molar-refractivity contribution in [3.8, 4) is 0 Å². The van der Waals surface area contributed by atoms with E-state index in [1.807, 2.05) is 0 Å². The lowest BCUT2D eigenvalue weighted by Gasteiger charge is -2.23. The number of nitrogens with one attached hydrogen (secondary N) is 1. The van der Waals surface area contributed by atoms with Gasteiger partial charge in [-0.15, -0.1) is 11.3 Å². The molecule has 1 aromatic rings. The molecule has 4 heteroatoms. The van der Waals surface area contributed by atoms with Crippen LogP contribution in [0.5, 0.6) is 0 Å². The van der Waals surface area contributed by atoms with Gasteiger partial charge in [-0.05, 0) is 43.7 Å². The van der Waals surface area contributed by atoms with Crippen LogP contribution in [0.3, 0.4) is 0 Å². The molecule has 1 aliphatic heterocycles. The maximum atomic E-state index is 12.7. The first-order valence-electron chi connectivity index (χ1n) is 8.19. The molecule has 116 valence electrons. The third-order valence-corrected chi connectivity index (χ3v) is 5.66. The molecule has 0 spiro atoms. The molecule has 2 unspecified atom stereocenters. The molecule has 1 saturated carbocycles. The molecular weight excluding hydrogens is 280 g/mol. The molecule has 3 nitrogen and oxygen atoms in total. The molecule has 3 rings (SSSR count). The Balaban J connectivity index is 1.72. The summed E-state index contributed by atoms with van der Waals surface area (Å²) in [5.41, 5.74) is 0. The summed E-state index contributed by atoms with van der Waals surface area (Å²) in [6.07, 6.45) is 5.31. The minimum absolute atomic E-state index is 0.0293. The summed E-state index contributed by atoms with van der Waals surface area (Å²) >= 11 is 1.80. The highest BCUT2D eigenvalue weighted by Crippen LogP contribution is 2.35. The lowest BCUT2D eigenvalue weighted by Crippen LogP contribution is -2.35. The van der Waals surface area contributed by atoms with Crippen molar-refractivity contribution < 1.29 is 4.79 Å². The van der Waals surface area contributed by atoms with Gasteiger partial charge in [0.15, 0.2) is 0 Å². The minimum atomic E-state index is -0.0293. The summed E-state index contributed by atoms with van der Waals surface area (Å²) in [7, 11) is 0. The highest BCUT2D eigenvalue weighted by Gasteiger charge is 2.41. The zero-order chi connectivity index (χ0) is 15.0. The largest absolute Gasteiger partial charge is 0.321 e. The number of thiophene rings is 1. The zero-order valence-electron chi connectivity index (χ0n) is 13.3. The molecular formula is C17H26N2OS. The van der Waals surface area contributed by atoms with Crippen molar-refractivity contribution in [3.63, 3.8) is 0 Å². The van der Waals surface area contributed by atoms with Crippen LogP contribution in [0.15, 0.2) is 12.1 Å². The van der Waals surface area contributed by atoms with Crippen LogP contribution >= 0.6 is 11.3 Å². The predicted molar refractivity (Wildman–Crippen MR) is 87.2 cm³/mol. The summed E-state index contributed by atoms with van der Waals surface area (Å²) in [6.45, 7) is 7.27. The number of amides is 1. The molecule has 0 aromatic carbocycles. The van der Waals surface area contributed by atoms with Crippen LogP contribution < -0.4 is 5.32 Å². The molecule has 2 heterocycles. The normalized spacial score (nSPS) is 26.1. The van der Waals surface area contributed by atoms with Crippen molar-refractivity contribution >= 4 is 17.2 Å². The Morgan fingerprint density at radius 3 is 2.71 bits per heavy atom. The average Bonchev–Trinajstić information content (AvgIpc) is 3.07. The van der Waals surface area contributed by atoms with Crippen LogP contribution in [-0.2, 0) is 4.79 Å². The fraction of sp³-hybridized carbons (Fsp3) is 0.706. The van der Waals surface area contributed by atoms with Crippen molar-refractivity contribution in [2.75, 3.05) is 6.54 Å². The van der Waals surface area contributed by atoms with Gasteiger partial charge in [-0.2, -0.15) is 0 Å². The Morgan fingerprint density at radius 1 is 1.38 bits per heavy atom. The monoisotopic (exact) mass is 306 g/mol. The molecule has 0 bridgehead atoms. The van der Waals surface area contributed by atoms with Crippen molar-refractivity contribution in [2.45, 2.75) is 58.7 Å². The van der Waals surface area contributed by atoms with Crippen LogP contribution in [0.1, 0.15) is 55.5 Å². The first-order valence-corrected chi connectivity index (χ1v) is 9.01. The van der Waals surface area contributed by atoms with Gasteiger partial charge in [0.2, 0.25) is 5.91 Å². The highest BCUT2D eigenvalue weighted by atomic mass is 32.1. The topological polar surface area (TPSA) is 32.3 Å². The summed E-state index contributed by atoms with van der Waals surface area (Å²) in [5.74, 6) is 1.57. The third kappa shape index (κ3) is 3.32. The maximum absolute atomic E-state index is 12.7. The maximum Gasteiger partial charge on any atom is 0.241 e. The lowest BCUT2D eigenvalue weighted by atomic mass is 10.0. The molecule has 2 aliphatic rings. The number of carbonyl (C=O) groups is 1. The SMILES string of the molecule is Cc1ccc(C2NC(C(C)C)C(=O)N2CCCC2CC2)s1. The summed E-state index contributed by atoms with van der Waals surface area (Å²) in [5, 5.41) is 3.56. The standard InChI is InChI=1S/C17H26N2OS/c1-11(2)15-17(20)19(10-4-5-13-7-8-13)16(18-15)14-9-6-12(3)21-14/h6,9,11,13,15-16,18H,4-5,7-8,10H2,1-3H3. The fourth-order valence-electron chi connectivity index (χ4n) is 3.15. The van der Waals surface area contributed by atoms with Crippen LogP contribution in [0, 0.1) is 18.8 Å².